The van der Waals surface area contributed by atoms with Crippen LogP contribution in [0.2, 0.25) is 0 Å². The van der Waals surface area contributed by atoms with Crippen LogP contribution in [-0.4, -0.2) is 18.1 Å². The first kappa shape index (κ1) is 14.5. The fourth-order valence-corrected chi connectivity index (χ4v) is 3.06. The SMILES string of the molecule is CNCc1ccc(COC2CC(C)CC(C)C2)nc1. The summed E-state index contributed by atoms with van der Waals surface area (Å²) in [6, 6.07) is 4.19. The maximum atomic E-state index is 6.03. The van der Waals surface area contributed by atoms with Gasteiger partial charge in [0.1, 0.15) is 0 Å². The molecule has 0 radical (unpaired) electrons. The molecule has 0 bridgehead atoms. The van der Waals surface area contributed by atoms with E-state index in [4.69, 9.17) is 4.74 Å². The van der Waals surface area contributed by atoms with E-state index in [1.807, 2.05) is 13.2 Å². The van der Waals surface area contributed by atoms with Crippen molar-refractivity contribution in [3.63, 3.8) is 0 Å². The summed E-state index contributed by atoms with van der Waals surface area (Å²) in [5.74, 6) is 1.58. The van der Waals surface area contributed by atoms with Crippen molar-refractivity contribution in [3.8, 4) is 0 Å². The fourth-order valence-electron chi connectivity index (χ4n) is 3.06. The first-order valence-electron chi connectivity index (χ1n) is 7.37. The van der Waals surface area contributed by atoms with E-state index in [0.717, 1.165) is 24.1 Å². The molecule has 2 atom stereocenters. The minimum atomic E-state index is 0.414. The number of aromatic nitrogens is 1. The highest BCUT2D eigenvalue weighted by molar-refractivity contribution is 5.13. The molecule has 0 aliphatic heterocycles. The number of pyridine rings is 1. The second-order valence-electron chi connectivity index (χ2n) is 6.04. The second kappa shape index (κ2) is 7.01. The van der Waals surface area contributed by atoms with Crippen LogP contribution in [0.15, 0.2) is 18.3 Å². The lowest BCUT2D eigenvalue weighted by Gasteiger charge is -2.31. The van der Waals surface area contributed by atoms with Gasteiger partial charge in [-0.1, -0.05) is 19.9 Å². The van der Waals surface area contributed by atoms with Crippen molar-refractivity contribution < 1.29 is 4.74 Å². The maximum absolute atomic E-state index is 6.03. The summed E-state index contributed by atoms with van der Waals surface area (Å²) in [7, 11) is 1.95. The minimum absolute atomic E-state index is 0.414. The molecule has 1 aliphatic rings. The van der Waals surface area contributed by atoms with Crippen molar-refractivity contribution in [1.29, 1.82) is 0 Å². The summed E-state index contributed by atoms with van der Waals surface area (Å²) in [6.07, 6.45) is 6.08. The van der Waals surface area contributed by atoms with E-state index < -0.39 is 0 Å². The highest BCUT2D eigenvalue weighted by atomic mass is 16.5. The predicted octanol–water partition coefficient (Wildman–Crippen LogP) is 3.14. The first-order valence-corrected chi connectivity index (χ1v) is 7.37. The van der Waals surface area contributed by atoms with Gasteiger partial charge in [0, 0.05) is 12.7 Å². The van der Waals surface area contributed by atoms with Crippen molar-refractivity contribution in [2.45, 2.75) is 52.4 Å². The van der Waals surface area contributed by atoms with Gasteiger partial charge in [0.2, 0.25) is 0 Å². The largest absolute Gasteiger partial charge is 0.372 e. The Morgan fingerprint density at radius 2 is 1.95 bits per heavy atom. The van der Waals surface area contributed by atoms with E-state index in [1.54, 1.807) is 0 Å². The Bertz CT molecular complexity index is 367. The summed E-state index contributed by atoms with van der Waals surface area (Å²) in [5, 5.41) is 3.13. The van der Waals surface area contributed by atoms with Crippen LogP contribution in [0, 0.1) is 11.8 Å². The lowest BCUT2D eigenvalue weighted by Crippen LogP contribution is -2.26. The summed E-state index contributed by atoms with van der Waals surface area (Å²) in [6.45, 7) is 6.17. The van der Waals surface area contributed by atoms with Gasteiger partial charge in [-0.2, -0.15) is 0 Å². The number of hydrogen-bond donors (Lipinski definition) is 1. The standard InChI is InChI=1S/C16H26N2O/c1-12-6-13(2)8-16(7-12)19-11-15-5-4-14(9-17-3)10-18-15/h4-5,10,12-13,16-17H,6-9,11H2,1-3H3. The van der Waals surface area contributed by atoms with Crippen molar-refractivity contribution in [2.75, 3.05) is 7.05 Å². The van der Waals surface area contributed by atoms with Crippen LogP contribution in [0.4, 0.5) is 0 Å². The number of nitrogens with zero attached hydrogens (tertiary/aromatic N) is 1. The Labute approximate surface area is 116 Å². The topological polar surface area (TPSA) is 34.1 Å². The zero-order chi connectivity index (χ0) is 13.7. The van der Waals surface area contributed by atoms with E-state index >= 15 is 0 Å². The van der Waals surface area contributed by atoms with Gasteiger partial charge in [-0.3, -0.25) is 4.98 Å². The molecule has 19 heavy (non-hydrogen) atoms. The third-order valence-corrected chi connectivity index (χ3v) is 3.87. The van der Waals surface area contributed by atoms with Crippen molar-refractivity contribution >= 4 is 0 Å². The maximum Gasteiger partial charge on any atom is 0.0891 e. The molecular weight excluding hydrogens is 236 g/mol. The molecule has 0 saturated heterocycles. The average Bonchev–Trinajstić information content (AvgIpc) is 2.37. The van der Waals surface area contributed by atoms with Gasteiger partial charge < -0.3 is 10.1 Å². The molecule has 1 heterocycles. The Morgan fingerprint density at radius 3 is 2.53 bits per heavy atom. The van der Waals surface area contributed by atoms with E-state index in [9.17, 15) is 0 Å². The Balaban J connectivity index is 1.81. The van der Waals surface area contributed by atoms with Crippen molar-refractivity contribution in [2.24, 2.45) is 11.8 Å². The van der Waals surface area contributed by atoms with Gasteiger partial charge in [0.15, 0.2) is 0 Å². The molecule has 1 aliphatic carbocycles. The zero-order valence-electron chi connectivity index (χ0n) is 12.4. The second-order valence-corrected chi connectivity index (χ2v) is 6.04. The fraction of sp³-hybridized carbons (Fsp3) is 0.688. The molecule has 1 N–H and O–H groups in total. The smallest absolute Gasteiger partial charge is 0.0891 e. The molecule has 0 amide bonds. The van der Waals surface area contributed by atoms with Crippen molar-refractivity contribution in [1.82, 2.24) is 10.3 Å². The quantitative estimate of drug-likeness (QED) is 0.885. The van der Waals surface area contributed by atoms with Crippen LogP contribution in [0.1, 0.15) is 44.4 Å². The Kier molecular flexibility index (Phi) is 5.34. The molecule has 2 unspecified atom stereocenters. The van der Waals surface area contributed by atoms with Gasteiger partial charge in [-0.15, -0.1) is 0 Å². The molecule has 1 aromatic heterocycles. The van der Waals surface area contributed by atoms with Gasteiger partial charge in [-0.25, -0.2) is 0 Å². The third kappa shape index (κ3) is 4.59. The molecule has 1 fully saturated rings. The number of nitrogens with one attached hydrogen (secondary N) is 1. The number of ether oxygens (including phenoxy) is 1. The summed E-state index contributed by atoms with van der Waals surface area (Å²) in [4.78, 5) is 4.45. The predicted molar refractivity (Wildman–Crippen MR) is 77.8 cm³/mol. The van der Waals surface area contributed by atoms with Crippen LogP contribution in [0.5, 0.6) is 0 Å². The monoisotopic (exact) mass is 262 g/mol. The van der Waals surface area contributed by atoms with Gasteiger partial charge in [-0.05, 0) is 49.8 Å². The molecule has 3 nitrogen and oxygen atoms in total. The lowest BCUT2D eigenvalue weighted by atomic mass is 9.82. The van der Waals surface area contributed by atoms with Crippen LogP contribution in [0.3, 0.4) is 0 Å². The van der Waals surface area contributed by atoms with E-state index in [1.165, 1.54) is 24.8 Å². The molecule has 1 aromatic rings. The van der Waals surface area contributed by atoms with Crippen LogP contribution in [0.25, 0.3) is 0 Å². The van der Waals surface area contributed by atoms with Crippen LogP contribution >= 0.6 is 0 Å². The Hall–Kier alpha value is -0.930. The van der Waals surface area contributed by atoms with Gasteiger partial charge >= 0.3 is 0 Å². The molecule has 0 spiro atoms. The average molecular weight is 262 g/mol. The molecular formula is C16H26N2O. The summed E-state index contributed by atoms with van der Waals surface area (Å²) in [5.41, 5.74) is 2.25. The van der Waals surface area contributed by atoms with Gasteiger partial charge in [0.05, 0.1) is 18.4 Å². The van der Waals surface area contributed by atoms with Gasteiger partial charge in [0.25, 0.3) is 0 Å². The van der Waals surface area contributed by atoms with Crippen LogP contribution < -0.4 is 5.32 Å². The van der Waals surface area contributed by atoms with Crippen LogP contribution in [-0.2, 0) is 17.9 Å². The van der Waals surface area contributed by atoms with E-state index in [-0.39, 0.29) is 0 Å². The summed E-state index contributed by atoms with van der Waals surface area (Å²) >= 11 is 0. The molecule has 3 heteroatoms. The molecule has 1 saturated carbocycles. The molecule has 106 valence electrons. The first-order chi connectivity index (χ1) is 9.17. The normalized spacial score (nSPS) is 27.4. The van der Waals surface area contributed by atoms with Crippen molar-refractivity contribution in [3.05, 3.63) is 29.6 Å². The van der Waals surface area contributed by atoms with E-state index in [0.29, 0.717) is 12.7 Å². The number of rotatable bonds is 5. The zero-order valence-corrected chi connectivity index (χ0v) is 12.4. The molecule has 0 aromatic carbocycles. The minimum Gasteiger partial charge on any atom is -0.372 e. The highest BCUT2D eigenvalue weighted by Gasteiger charge is 2.24. The summed E-state index contributed by atoms with van der Waals surface area (Å²) < 4.78 is 6.03. The molecule has 2 rings (SSSR count). The third-order valence-electron chi connectivity index (χ3n) is 3.87. The highest BCUT2D eigenvalue weighted by Crippen LogP contribution is 2.30. The Morgan fingerprint density at radius 1 is 1.21 bits per heavy atom. The number of hydrogen-bond acceptors (Lipinski definition) is 3. The van der Waals surface area contributed by atoms with E-state index in [2.05, 4.69) is 36.3 Å². The lowest BCUT2D eigenvalue weighted by molar-refractivity contribution is -0.0105.